The zero-order valence-electron chi connectivity index (χ0n) is 11.1. The fourth-order valence-corrected chi connectivity index (χ4v) is 2.27. The second kappa shape index (κ2) is 4.93. The summed E-state index contributed by atoms with van der Waals surface area (Å²) >= 11 is 0. The highest BCUT2D eigenvalue weighted by Gasteiger charge is 2.28. The number of aromatic nitrogens is 2. The van der Waals surface area contributed by atoms with Gasteiger partial charge in [0.15, 0.2) is 0 Å². The third kappa shape index (κ3) is 2.01. The maximum atomic E-state index is 11.7. The Kier molecular flexibility index (Phi) is 3.11. The fraction of sp³-hybridized carbons (Fsp3) is 0.308. The Hall–Kier alpha value is -2.41. The Morgan fingerprint density at radius 2 is 2.20 bits per heavy atom. The molecule has 0 atom stereocenters. The smallest absolute Gasteiger partial charge is 0.242 e. The number of carbonyl (C=O) groups excluding carboxylic acids is 1. The van der Waals surface area contributed by atoms with Crippen LogP contribution in [0.4, 0.5) is 5.69 Å². The van der Waals surface area contributed by atoms with Gasteiger partial charge in [0.2, 0.25) is 17.6 Å². The minimum absolute atomic E-state index is 0.0931. The number of hydrogen-bond donors (Lipinski definition) is 1. The molecule has 1 aliphatic rings. The molecule has 7 heteroatoms. The largest absolute Gasteiger partial charge is 0.338 e. The first-order valence-electron chi connectivity index (χ1n) is 6.37. The molecule has 20 heavy (non-hydrogen) atoms. The molecule has 1 amide bonds. The molecule has 2 heterocycles. The summed E-state index contributed by atoms with van der Waals surface area (Å²) in [6.45, 7) is 0.852. The Morgan fingerprint density at radius 1 is 1.40 bits per heavy atom. The summed E-state index contributed by atoms with van der Waals surface area (Å²) in [5.74, 6) is 0.963. The summed E-state index contributed by atoms with van der Waals surface area (Å²) in [6, 6.07) is 7.65. The molecular formula is C13H15N5O2. The van der Waals surface area contributed by atoms with E-state index in [2.05, 4.69) is 10.1 Å². The van der Waals surface area contributed by atoms with Crippen LogP contribution in [-0.2, 0) is 11.3 Å². The predicted octanol–water partition coefficient (Wildman–Crippen LogP) is 0.779. The molecule has 0 aliphatic carbocycles. The normalized spacial score (nSPS) is 15.2. The van der Waals surface area contributed by atoms with Crippen molar-refractivity contribution < 1.29 is 9.32 Å². The average molecular weight is 273 g/mol. The van der Waals surface area contributed by atoms with Gasteiger partial charge >= 0.3 is 0 Å². The summed E-state index contributed by atoms with van der Waals surface area (Å²) in [6.07, 6.45) is 0.505. The molecule has 1 aliphatic heterocycles. The lowest BCUT2D eigenvalue weighted by molar-refractivity contribution is -0.126. The van der Waals surface area contributed by atoms with Gasteiger partial charge in [-0.2, -0.15) is 4.98 Å². The van der Waals surface area contributed by atoms with E-state index in [0.29, 0.717) is 24.7 Å². The first kappa shape index (κ1) is 12.6. The van der Waals surface area contributed by atoms with Crippen LogP contribution in [0, 0.1) is 0 Å². The molecule has 2 N–H and O–H groups in total. The zero-order valence-corrected chi connectivity index (χ0v) is 11.1. The second-order valence-corrected chi connectivity index (χ2v) is 4.52. The summed E-state index contributed by atoms with van der Waals surface area (Å²) in [5, 5.41) is 7.46. The minimum Gasteiger partial charge on any atom is -0.338 e. The van der Waals surface area contributed by atoms with Crippen LogP contribution in [0.3, 0.4) is 0 Å². The Balaban J connectivity index is 2.02. The maximum absolute atomic E-state index is 11.7. The van der Waals surface area contributed by atoms with Crippen molar-refractivity contribution in [1.29, 1.82) is 0 Å². The van der Waals surface area contributed by atoms with Crippen molar-refractivity contribution in [2.24, 2.45) is 5.73 Å². The molecule has 1 saturated heterocycles. The van der Waals surface area contributed by atoms with Crippen molar-refractivity contribution in [2.75, 3.05) is 18.6 Å². The van der Waals surface area contributed by atoms with E-state index in [1.807, 2.05) is 29.3 Å². The number of carbonyl (C=O) groups is 1. The van der Waals surface area contributed by atoms with Crippen LogP contribution in [0.15, 0.2) is 28.8 Å². The van der Waals surface area contributed by atoms with Crippen LogP contribution in [0.5, 0.6) is 0 Å². The lowest BCUT2D eigenvalue weighted by Gasteiger charge is -2.27. The molecule has 0 saturated carbocycles. The van der Waals surface area contributed by atoms with Gasteiger partial charge in [-0.05, 0) is 12.1 Å². The summed E-state index contributed by atoms with van der Waals surface area (Å²) < 4.78 is 5.05. The number of nitrogens with zero attached hydrogens (tertiary/aromatic N) is 4. The highest BCUT2D eigenvalue weighted by molar-refractivity contribution is 5.84. The topological polar surface area (TPSA) is 88.5 Å². The van der Waals surface area contributed by atoms with E-state index in [1.54, 1.807) is 12.1 Å². The van der Waals surface area contributed by atoms with Gasteiger partial charge < -0.3 is 10.3 Å². The van der Waals surface area contributed by atoms with Crippen LogP contribution in [0.1, 0.15) is 12.3 Å². The number of amides is 1. The van der Waals surface area contributed by atoms with E-state index >= 15 is 0 Å². The third-order valence-corrected chi connectivity index (χ3v) is 3.33. The molecule has 2 aromatic rings. The van der Waals surface area contributed by atoms with Gasteiger partial charge in [-0.25, -0.2) is 0 Å². The van der Waals surface area contributed by atoms with Gasteiger partial charge in [-0.1, -0.05) is 17.3 Å². The number of rotatable bonds is 3. The molecule has 1 aromatic heterocycles. The van der Waals surface area contributed by atoms with Gasteiger partial charge in [0.05, 0.1) is 12.2 Å². The molecule has 7 nitrogen and oxygen atoms in total. The average Bonchev–Trinajstić information content (AvgIpc) is 3.07. The van der Waals surface area contributed by atoms with Crippen LogP contribution in [-0.4, -0.2) is 34.6 Å². The van der Waals surface area contributed by atoms with Crippen molar-refractivity contribution >= 4 is 11.6 Å². The Morgan fingerprint density at radius 3 is 2.85 bits per heavy atom. The van der Waals surface area contributed by atoms with Crippen molar-refractivity contribution in [3.8, 4) is 11.4 Å². The molecular weight excluding hydrogens is 258 g/mol. The number of hydrazine groups is 1. The van der Waals surface area contributed by atoms with E-state index in [9.17, 15) is 4.79 Å². The monoisotopic (exact) mass is 273 g/mol. The highest BCUT2D eigenvalue weighted by Crippen LogP contribution is 2.31. The SMILES string of the molecule is CN1C(=O)CCN1c1ccccc1-c1noc(CN)n1. The minimum atomic E-state index is 0.0931. The number of nitrogens with two attached hydrogens (primary N) is 1. The number of benzene rings is 1. The zero-order chi connectivity index (χ0) is 14.1. The van der Waals surface area contributed by atoms with E-state index in [-0.39, 0.29) is 12.5 Å². The van der Waals surface area contributed by atoms with Crippen molar-refractivity contribution in [1.82, 2.24) is 15.1 Å². The molecule has 0 radical (unpaired) electrons. The van der Waals surface area contributed by atoms with Crippen LogP contribution in [0.25, 0.3) is 11.4 Å². The molecule has 0 spiro atoms. The van der Waals surface area contributed by atoms with E-state index in [1.165, 1.54) is 0 Å². The van der Waals surface area contributed by atoms with Crippen LogP contribution in [0.2, 0.25) is 0 Å². The van der Waals surface area contributed by atoms with Crippen LogP contribution >= 0.6 is 0 Å². The van der Waals surface area contributed by atoms with Gasteiger partial charge in [0, 0.05) is 25.6 Å². The summed E-state index contributed by atoms with van der Waals surface area (Å²) in [5.41, 5.74) is 7.18. The Labute approximate surface area is 115 Å². The van der Waals surface area contributed by atoms with E-state index in [4.69, 9.17) is 10.3 Å². The molecule has 104 valence electrons. The second-order valence-electron chi connectivity index (χ2n) is 4.52. The maximum Gasteiger partial charge on any atom is 0.242 e. The molecule has 3 rings (SSSR count). The van der Waals surface area contributed by atoms with Gasteiger partial charge in [-0.3, -0.25) is 14.8 Å². The Bertz CT molecular complexity index is 639. The fourth-order valence-electron chi connectivity index (χ4n) is 2.27. The summed E-state index contributed by atoms with van der Waals surface area (Å²) in [7, 11) is 1.76. The molecule has 0 unspecified atom stereocenters. The van der Waals surface area contributed by atoms with Crippen molar-refractivity contribution in [3.63, 3.8) is 0 Å². The van der Waals surface area contributed by atoms with Gasteiger partial charge in [0.25, 0.3) is 0 Å². The van der Waals surface area contributed by atoms with Gasteiger partial charge in [0.1, 0.15) is 0 Å². The molecule has 1 aromatic carbocycles. The van der Waals surface area contributed by atoms with Gasteiger partial charge in [-0.15, -0.1) is 0 Å². The molecule has 1 fully saturated rings. The van der Waals surface area contributed by atoms with Crippen LogP contribution < -0.4 is 10.7 Å². The summed E-state index contributed by atoms with van der Waals surface area (Å²) in [4.78, 5) is 15.9. The van der Waals surface area contributed by atoms with E-state index < -0.39 is 0 Å². The molecule has 0 bridgehead atoms. The quantitative estimate of drug-likeness (QED) is 0.889. The van der Waals surface area contributed by atoms with E-state index in [0.717, 1.165) is 11.3 Å². The number of para-hydroxylation sites is 1. The lowest BCUT2D eigenvalue weighted by atomic mass is 10.1. The first-order valence-corrected chi connectivity index (χ1v) is 6.37. The third-order valence-electron chi connectivity index (χ3n) is 3.33. The number of hydrogen-bond acceptors (Lipinski definition) is 6. The predicted molar refractivity (Wildman–Crippen MR) is 72.4 cm³/mol. The highest BCUT2D eigenvalue weighted by atomic mass is 16.5. The number of anilines is 1. The van der Waals surface area contributed by atoms with Crippen molar-refractivity contribution in [2.45, 2.75) is 13.0 Å². The first-order chi connectivity index (χ1) is 9.70. The lowest BCUT2D eigenvalue weighted by Crippen LogP contribution is -2.35. The standard InChI is InChI=1S/C13H15N5O2/c1-17-12(19)6-7-18(17)10-5-3-2-4-9(10)13-15-11(8-14)20-16-13/h2-5H,6-8,14H2,1H3. The van der Waals surface area contributed by atoms with Crippen molar-refractivity contribution in [3.05, 3.63) is 30.2 Å².